The smallest absolute Gasteiger partial charge is 0.269 e. The highest BCUT2D eigenvalue weighted by molar-refractivity contribution is 7.88. The van der Waals surface area contributed by atoms with E-state index in [-0.39, 0.29) is 11.7 Å². The van der Waals surface area contributed by atoms with E-state index in [4.69, 9.17) is 5.14 Å². The predicted molar refractivity (Wildman–Crippen MR) is 80.5 cm³/mol. The van der Waals surface area contributed by atoms with E-state index in [1.165, 1.54) is 0 Å². The van der Waals surface area contributed by atoms with Crippen molar-refractivity contribution in [2.75, 3.05) is 5.32 Å². The second-order valence-electron chi connectivity index (χ2n) is 4.36. The number of hydrogen-bond acceptors (Lipinski definition) is 6. The minimum absolute atomic E-state index is 0.236. The molecule has 0 unspecified atom stereocenters. The molecule has 0 spiro atoms. The molecule has 21 heavy (non-hydrogen) atoms. The predicted octanol–water partition coefficient (Wildman–Crippen LogP) is 1.14. The van der Waals surface area contributed by atoms with Crippen molar-refractivity contribution in [1.82, 2.24) is 9.59 Å². The van der Waals surface area contributed by atoms with Crippen LogP contribution in [-0.2, 0) is 22.2 Å². The first-order valence-electron chi connectivity index (χ1n) is 6.11. The molecule has 0 aliphatic carbocycles. The molecule has 0 saturated heterocycles. The summed E-state index contributed by atoms with van der Waals surface area (Å²) in [7, 11) is -3.56. The van der Waals surface area contributed by atoms with Gasteiger partial charge in [-0.3, -0.25) is 4.79 Å². The van der Waals surface area contributed by atoms with Gasteiger partial charge in [-0.15, -0.1) is 5.10 Å². The van der Waals surface area contributed by atoms with Crippen molar-refractivity contribution in [3.8, 4) is 0 Å². The Hall–Kier alpha value is -1.84. The lowest BCUT2D eigenvalue weighted by Crippen LogP contribution is -2.15. The number of nitrogens with zero attached hydrogens (tertiary/aromatic N) is 2. The number of nitrogens with two attached hydrogens (primary N) is 1. The second-order valence-corrected chi connectivity index (χ2v) is 6.73. The number of nitrogens with one attached hydrogen (secondary N) is 1. The van der Waals surface area contributed by atoms with Crippen LogP contribution in [0.25, 0.3) is 0 Å². The Morgan fingerprint density at radius 3 is 2.57 bits per heavy atom. The molecule has 0 fully saturated rings. The number of hydrogen-bond donors (Lipinski definition) is 2. The van der Waals surface area contributed by atoms with Gasteiger partial charge in [-0.25, -0.2) is 13.6 Å². The Morgan fingerprint density at radius 1 is 1.33 bits per heavy atom. The van der Waals surface area contributed by atoms with Crippen molar-refractivity contribution in [3.05, 3.63) is 40.4 Å². The summed E-state index contributed by atoms with van der Waals surface area (Å²) >= 11 is 1.04. The maximum atomic E-state index is 12.1. The van der Waals surface area contributed by atoms with E-state index in [0.717, 1.165) is 11.5 Å². The zero-order valence-corrected chi connectivity index (χ0v) is 12.9. The average Bonchev–Trinajstić information content (AvgIpc) is 2.87. The summed E-state index contributed by atoms with van der Waals surface area (Å²) in [5.41, 5.74) is 1.78. The Bertz CT molecular complexity index is 738. The van der Waals surface area contributed by atoms with Crippen molar-refractivity contribution in [1.29, 1.82) is 0 Å². The Labute approximate surface area is 126 Å². The van der Waals surface area contributed by atoms with Crippen LogP contribution in [0.15, 0.2) is 24.3 Å². The summed E-state index contributed by atoms with van der Waals surface area (Å²) in [6.45, 7) is 1.90. The molecule has 0 atom stereocenters. The average molecular weight is 326 g/mol. The van der Waals surface area contributed by atoms with E-state index in [1.54, 1.807) is 24.3 Å². The molecule has 1 amide bonds. The van der Waals surface area contributed by atoms with Crippen molar-refractivity contribution in [3.63, 3.8) is 0 Å². The van der Waals surface area contributed by atoms with Crippen LogP contribution in [-0.4, -0.2) is 23.9 Å². The van der Waals surface area contributed by atoms with Gasteiger partial charge in [0.25, 0.3) is 5.91 Å². The third-order valence-corrected chi connectivity index (χ3v) is 4.18. The van der Waals surface area contributed by atoms with Crippen molar-refractivity contribution in [2.45, 2.75) is 19.1 Å². The summed E-state index contributed by atoms with van der Waals surface area (Å²) in [6, 6.07) is 6.45. The van der Waals surface area contributed by atoms with Crippen molar-refractivity contribution >= 4 is 33.2 Å². The minimum atomic E-state index is -3.56. The Morgan fingerprint density at radius 2 is 2.00 bits per heavy atom. The van der Waals surface area contributed by atoms with Crippen molar-refractivity contribution < 1.29 is 13.2 Å². The van der Waals surface area contributed by atoms with Crippen LogP contribution in [0.2, 0.25) is 0 Å². The molecule has 0 radical (unpaired) electrons. The molecule has 1 aromatic carbocycles. The lowest BCUT2D eigenvalue weighted by molar-refractivity contribution is 0.102. The van der Waals surface area contributed by atoms with E-state index in [0.29, 0.717) is 28.2 Å². The molecule has 0 bridgehead atoms. The normalized spacial score (nSPS) is 11.3. The number of anilines is 1. The zero-order chi connectivity index (χ0) is 15.5. The maximum absolute atomic E-state index is 12.1. The Kier molecular flexibility index (Phi) is 4.66. The first kappa shape index (κ1) is 15.5. The SMILES string of the molecule is CCc1nnsc1C(=O)Nc1ccc(CS(N)(=O)=O)cc1. The molecule has 3 N–H and O–H groups in total. The number of carbonyl (C=O) groups is 1. The maximum Gasteiger partial charge on any atom is 0.269 e. The molecule has 9 heteroatoms. The number of benzene rings is 1. The van der Waals surface area contributed by atoms with Crippen LogP contribution in [0.1, 0.15) is 27.9 Å². The molecule has 2 aromatic rings. The van der Waals surface area contributed by atoms with Gasteiger partial charge >= 0.3 is 0 Å². The fourth-order valence-electron chi connectivity index (χ4n) is 1.72. The van der Waals surface area contributed by atoms with Crippen LogP contribution in [0.4, 0.5) is 5.69 Å². The second kappa shape index (κ2) is 6.29. The van der Waals surface area contributed by atoms with Gasteiger partial charge in [-0.2, -0.15) is 0 Å². The minimum Gasteiger partial charge on any atom is -0.321 e. The number of primary sulfonamides is 1. The summed E-state index contributed by atoms with van der Waals surface area (Å²) in [5, 5.41) is 11.6. The third-order valence-electron chi connectivity index (χ3n) is 2.68. The number of carbonyl (C=O) groups excluding carboxylic acids is 1. The monoisotopic (exact) mass is 326 g/mol. The molecule has 1 heterocycles. The van der Waals surface area contributed by atoms with Gasteiger partial charge in [-0.1, -0.05) is 23.5 Å². The molecule has 112 valence electrons. The highest BCUT2D eigenvalue weighted by Gasteiger charge is 2.15. The van der Waals surface area contributed by atoms with Gasteiger partial charge in [0, 0.05) is 5.69 Å². The molecule has 1 aromatic heterocycles. The number of sulfonamides is 1. The topological polar surface area (TPSA) is 115 Å². The van der Waals surface area contributed by atoms with Crippen LogP contribution < -0.4 is 10.5 Å². The van der Waals surface area contributed by atoms with Gasteiger partial charge < -0.3 is 5.32 Å². The number of amides is 1. The molecular weight excluding hydrogens is 312 g/mol. The first-order chi connectivity index (χ1) is 9.89. The fraction of sp³-hybridized carbons (Fsp3) is 0.250. The lowest BCUT2D eigenvalue weighted by atomic mass is 10.2. The summed E-state index contributed by atoms with van der Waals surface area (Å²) < 4.78 is 25.7. The van der Waals surface area contributed by atoms with Gasteiger partial charge in [0.1, 0.15) is 4.88 Å². The fourth-order valence-corrected chi connectivity index (χ4v) is 3.02. The highest BCUT2D eigenvalue weighted by Crippen LogP contribution is 2.16. The molecule has 2 rings (SSSR count). The van der Waals surface area contributed by atoms with Crippen LogP contribution in [0, 0.1) is 0 Å². The lowest BCUT2D eigenvalue weighted by Gasteiger charge is -2.05. The van der Waals surface area contributed by atoms with E-state index in [9.17, 15) is 13.2 Å². The zero-order valence-electron chi connectivity index (χ0n) is 11.2. The first-order valence-corrected chi connectivity index (χ1v) is 8.60. The highest BCUT2D eigenvalue weighted by atomic mass is 32.2. The molecule has 0 saturated carbocycles. The molecular formula is C12H14N4O3S2. The number of aromatic nitrogens is 2. The van der Waals surface area contributed by atoms with E-state index >= 15 is 0 Å². The largest absolute Gasteiger partial charge is 0.321 e. The van der Waals surface area contributed by atoms with Crippen LogP contribution in [0.5, 0.6) is 0 Å². The standard InChI is InChI=1S/C12H14N4O3S2/c1-2-10-11(20-16-15-10)12(17)14-9-5-3-8(4-6-9)7-21(13,18)19/h3-6H,2,7H2,1H3,(H,14,17)(H2,13,18,19). The summed E-state index contributed by atoms with van der Waals surface area (Å²) in [6.07, 6.45) is 0.631. The van der Waals surface area contributed by atoms with Gasteiger partial charge in [-0.05, 0) is 35.6 Å². The van der Waals surface area contributed by atoms with E-state index in [1.807, 2.05) is 6.92 Å². The summed E-state index contributed by atoms with van der Waals surface area (Å²) in [4.78, 5) is 12.5. The molecule has 7 nitrogen and oxygen atoms in total. The molecule has 0 aliphatic heterocycles. The van der Waals surface area contributed by atoms with Gasteiger partial charge in [0.2, 0.25) is 10.0 Å². The van der Waals surface area contributed by atoms with Gasteiger partial charge in [0.15, 0.2) is 0 Å². The number of rotatable bonds is 5. The van der Waals surface area contributed by atoms with Crippen molar-refractivity contribution in [2.24, 2.45) is 5.14 Å². The Balaban J connectivity index is 2.08. The van der Waals surface area contributed by atoms with Gasteiger partial charge in [0.05, 0.1) is 11.4 Å². The number of aryl methyl sites for hydroxylation is 1. The molecule has 0 aliphatic rings. The van der Waals surface area contributed by atoms with Crippen LogP contribution >= 0.6 is 11.5 Å². The quantitative estimate of drug-likeness (QED) is 0.855. The van der Waals surface area contributed by atoms with E-state index in [2.05, 4.69) is 14.9 Å². The third kappa shape index (κ3) is 4.31. The summed E-state index contributed by atoms with van der Waals surface area (Å²) in [5.74, 6) is -0.513. The van der Waals surface area contributed by atoms with Crippen LogP contribution in [0.3, 0.4) is 0 Å². The van der Waals surface area contributed by atoms with E-state index < -0.39 is 10.0 Å².